The molecule has 0 aromatic rings. The van der Waals surface area contributed by atoms with E-state index in [2.05, 4.69) is 5.32 Å². The second-order valence-corrected chi connectivity index (χ2v) is 4.35. The van der Waals surface area contributed by atoms with E-state index in [4.69, 9.17) is 4.74 Å². The average Bonchev–Trinajstić information content (AvgIpc) is 2.14. The number of ether oxygens (including phenoxy) is 1. The van der Waals surface area contributed by atoms with Crippen molar-refractivity contribution >= 4 is 0 Å². The lowest BCUT2D eigenvalue weighted by atomic mass is 9.95. The molecule has 0 spiro atoms. The zero-order chi connectivity index (χ0) is 12.8. The highest BCUT2D eigenvalue weighted by Gasteiger charge is 2.28. The third-order valence-corrected chi connectivity index (χ3v) is 2.67. The number of methoxy groups -OCH3 is 1. The molecule has 0 amide bonds. The topological polar surface area (TPSA) is 21.3 Å². The molecular weight excluding hydrogens is 219 g/mol. The maximum absolute atomic E-state index is 12.0. The Morgan fingerprint density at radius 3 is 2.12 bits per heavy atom. The number of hydrogen-bond acceptors (Lipinski definition) is 2. The van der Waals surface area contributed by atoms with Gasteiger partial charge in [-0.05, 0) is 25.8 Å². The molecule has 2 atom stereocenters. The van der Waals surface area contributed by atoms with E-state index < -0.39 is 12.6 Å². The second kappa shape index (κ2) is 7.12. The summed E-state index contributed by atoms with van der Waals surface area (Å²) in [6.45, 7) is 4.00. The van der Waals surface area contributed by atoms with Crippen LogP contribution in [0.5, 0.6) is 0 Å². The fourth-order valence-corrected chi connectivity index (χ4v) is 1.90. The fourth-order valence-electron chi connectivity index (χ4n) is 1.90. The van der Waals surface area contributed by atoms with Crippen LogP contribution in [0.15, 0.2) is 0 Å². The summed E-state index contributed by atoms with van der Waals surface area (Å²) >= 11 is 0. The van der Waals surface area contributed by atoms with Gasteiger partial charge in [-0.25, -0.2) is 0 Å². The van der Waals surface area contributed by atoms with Crippen LogP contribution < -0.4 is 5.32 Å². The van der Waals surface area contributed by atoms with E-state index in [1.165, 1.54) is 0 Å². The molecule has 2 nitrogen and oxygen atoms in total. The molecule has 0 aromatic carbocycles. The Hall–Kier alpha value is -0.290. The third-order valence-electron chi connectivity index (χ3n) is 2.67. The van der Waals surface area contributed by atoms with Crippen molar-refractivity contribution in [3.63, 3.8) is 0 Å². The first-order chi connectivity index (χ1) is 7.31. The number of alkyl halides is 3. The Bertz CT molecular complexity index is 183. The van der Waals surface area contributed by atoms with Gasteiger partial charge in [-0.2, -0.15) is 13.2 Å². The Morgan fingerprint density at radius 2 is 1.81 bits per heavy atom. The number of nitrogens with one attached hydrogen (secondary N) is 1. The summed E-state index contributed by atoms with van der Waals surface area (Å²) in [4.78, 5) is 0. The van der Waals surface area contributed by atoms with Crippen molar-refractivity contribution in [1.29, 1.82) is 0 Å². The molecule has 0 rings (SSSR count). The van der Waals surface area contributed by atoms with Crippen LogP contribution in [0.2, 0.25) is 0 Å². The molecule has 5 heteroatoms. The molecule has 0 radical (unpaired) electrons. The predicted octanol–water partition coefficient (Wildman–Crippen LogP) is 2.98. The van der Waals surface area contributed by atoms with Crippen molar-refractivity contribution in [2.45, 2.75) is 51.4 Å². The van der Waals surface area contributed by atoms with Crippen molar-refractivity contribution in [2.24, 2.45) is 5.92 Å². The molecule has 0 aliphatic heterocycles. The average molecular weight is 241 g/mol. The van der Waals surface area contributed by atoms with E-state index in [-0.39, 0.29) is 24.5 Å². The number of halogens is 3. The fraction of sp³-hybridized carbons (Fsp3) is 1.00. The van der Waals surface area contributed by atoms with Crippen LogP contribution in [-0.2, 0) is 4.74 Å². The van der Waals surface area contributed by atoms with Crippen molar-refractivity contribution in [2.75, 3.05) is 14.2 Å². The Labute approximate surface area is 95.5 Å². The summed E-state index contributed by atoms with van der Waals surface area (Å²) in [5, 5.41) is 3.03. The molecule has 0 bridgehead atoms. The molecule has 2 unspecified atom stereocenters. The van der Waals surface area contributed by atoms with Gasteiger partial charge in [0.25, 0.3) is 0 Å². The summed E-state index contributed by atoms with van der Waals surface area (Å²) in [5.41, 5.74) is 0. The smallest absolute Gasteiger partial charge is 0.380 e. The van der Waals surface area contributed by atoms with Crippen LogP contribution in [-0.4, -0.2) is 32.5 Å². The minimum atomic E-state index is -4.06. The lowest BCUT2D eigenvalue weighted by Gasteiger charge is -2.28. The van der Waals surface area contributed by atoms with E-state index in [1.807, 2.05) is 13.8 Å². The lowest BCUT2D eigenvalue weighted by molar-refractivity contribution is -0.136. The maximum Gasteiger partial charge on any atom is 0.389 e. The van der Waals surface area contributed by atoms with E-state index in [0.29, 0.717) is 6.42 Å². The van der Waals surface area contributed by atoms with Crippen molar-refractivity contribution in [3.05, 3.63) is 0 Å². The van der Waals surface area contributed by atoms with Gasteiger partial charge in [0.2, 0.25) is 0 Å². The zero-order valence-corrected chi connectivity index (χ0v) is 10.4. The standard InChI is InChI=1S/C11H22F3NO/c1-8(2)10(16-4)9(15-3)6-5-7-11(12,13)14/h8-10,15H,5-7H2,1-4H3. The first-order valence-corrected chi connectivity index (χ1v) is 5.58. The monoisotopic (exact) mass is 241 g/mol. The molecule has 0 saturated heterocycles. The predicted molar refractivity (Wildman–Crippen MR) is 58.4 cm³/mol. The van der Waals surface area contributed by atoms with Crippen LogP contribution in [0.4, 0.5) is 13.2 Å². The molecule has 0 heterocycles. The third kappa shape index (κ3) is 6.33. The van der Waals surface area contributed by atoms with Crippen LogP contribution in [0.25, 0.3) is 0 Å². The van der Waals surface area contributed by atoms with Gasteiger partial charge in [-0.1, -0.05) is 13.8 Å². The molecule has 0 aromatic heterocycles. The summed E-state index contributed by atoms with van der Waals surface area (Å²) in [7, 11) is 3.35. The number of likely N-dealkylation sites (N-methyl/N-ethyl adjacent to an activating group) is 1. The molecule has 0 saturated carbocycles. The van der Waals surface area contributed by atoms with Crippen molar-refractivity contribution in [3.8, 4) is 0 Å². The molecular formula is C11H22F3NO. The highest BCUT2D eigenvalue weighted by Crippen LogP contribution is 2.24. The van der Waals surface area contributed by atoms with Gasteiger partial charge in [-0.3, -0.25) is 0 Å². The van der Waals surface area contributed by atoms with Gasteiger partial charge in [0.15, 0.2) is 0 Å². The minimum Gasteiger partial charge on any atom is -0.380 e. The summed E-state index contributed by atoms with van der Waals surface area (Å²) in [6.07, 6.45) is -4.20. The van der Waals surface area contributed by atoms with Gasteiger partial charge < -0.3 is 10.1 Å². The van der Waals surface area contributed by atoms with Crippen LogP contribution in [0.3, 0.4) is 0 Å². The van der Waals surface area contributed by atoms with Crippen LogP contribution in [0, 0.1) is 5.92 Å². The SMILES string of the molecule is CNC(CCCC(F)(F)F)C(OC)C(C)C. The normalized spacial score (nSPS) is 16.5. The van der Waals surface area contributed by atoms with E-state index in [1.54, 1.807) is 14.2 Å². The highest BCUT2D eigenvalue weighted by atomic mass is 19.4. The second-order valence-electron chi connectivity index (χ2n) is 4.35. The number of rotatable bonds is 7. The van der Waals surface area contributed by atoms with Crippen molar-refractivity contribution in [1.82, 2.24) is 5.32 Å². The van der Waals surface area contributed by atoms with Gasteiger partial charge >= 0.3 is 6.18 Å². The Balaban J connectivity index is 4.09. The van der Waals surface area contributed by atoms with E-state index in [0.717, 1.165) is 0 Å². The van der Waals surface area contributed by atoms with Crippen LogP contribution >= 0.6 is 0 Å². The summed E-state index contributed by atoms with van der Waals surface area (Å²) < 4.78 is 41.3. The van der Waals surface area contributed by atoms with Gasteiger partial charge in [0.1, 0.15) is 0 Å². The van der Waals surface area contributed by atoms with E-state index in [9.17, 15) is 13.2 Å². The van der Waals surface area contributed by atoms with E-state index >= 15 is 0 Å². The minimum absolute atomic E-state index is 0.0210. The summed E-state index contributed by atoms with van der Waals surface area (Å²) in [6, 6.07) is -0.0210. The highest BCUT2D eigenvalue weighted by molar-refractivity contribution is 4.78. The Kier molecular flexibility index (Phi) is 6.99. The van der Waals surface area contributed by atoms with Gasteiger partial charge in [0.05, 0.1) is 6.10 Å². The Morgan fingerprint density at radius 1 is 1.25 bits per heavy atom. The van der Waals surface area contributed by atoms with Crippen molar-refractivity contribution < 1.29 is 17.9 Å². The number of hydrogen-bond donors (Lipinski definition) is 1. The van der Waals surface area contributed by atoms with Gasteiger partial charge in [0, 0.05) is 19.6 Å². The lowest BCUT2D eigenvalue weighted by Crippen LogP contribution is -2.42. The van der Waals surface area contributed by atoms with Gasteiger partial charge in [-0.15, -0.1) is 0 Å². The zero-order valence-electron chi connectivity index (χ0n) is 10.4. The molecule has 98 valence electrons. The molecule has 0 aliphatic carbocycles. The van der Waals surface area contributed by atoms with Crippen LogP contribution in [0.1, 0.15) is 33.1 Å². The first kappa shape index (κ1) is 15.7. The summed E-state index contributed by atoms with van der Waals surface area (Å²) in [5.74, 6) is 0.285. The maximum atomic E-state index is 12.0. The first-order valence-electron chi connectivity index (χ1n) is 5.58. The quantitative estimate of drug-likeness (QED) is 0.740. The molecule has 16 heavy (non-hydrogen) atoms. The molecule has 0 aliphatic rings. The largest absolute Gasteiger partial charge is 0.389 e. The molecule has 0 fully saturated rings. The molecule has 1 N–H and O–H groups in total.